The summed E-state index contributed by atoms with van der Waals surface area (Å²) in [6, 6.07) is 3.92. The Kier molecular flexibility index (Phi) is 3.89. The van der Waals surface area contributed by atoms with Gasteiger partial charge in [0.2, 0.25) is 0 Å². The Morgan fingerprint density at radius 3 is 2.47 bits per heavy atom. The van der Waals surface area contributed by atoms with Gasteiger partial charge in [-0.1, -0.05) is 19.9 Å². The Bertz CT molecular complexity index is 367. The minimum Gasteiger partial charge on any atom is -0.496 e. The molecule has 1 aliphatic rings. The van der Waals surface area contributed by atoms with E-state index in [1.807, 2.05) is 26.8 Å². The minimum atomic E-state index is 0.244. The smallest absolute Gasteiger partial charge is 0.163 e. The van der Waals surface area contributed by atoms with Crippen molar-refractivity contribution in [3.63, 3.8) is 0 Å². The van der Waals surface area contributed by atoms with Crippen LogP contribution in [0.2, 0.25) is 0 Å². The van der Waals surface area contributed by atoms with Gasteiger partial charge in [0, 0.05) is 12.0 Å². The second kappa shape index (κ2) is 4.96. The van der Waals surface area contributed by atoms with Crippen molar-refractivity contribution in [1.82, 2.24) is 0 Å². The van der Waals surface area contributed by atoms with Crippen molar-refractivity contribution in [1.29, 1.82) is 0 Å². The second-order valence-electron chi connectivity index (χ2n) is 3.40. The van der Waals surface area contributed by atoms with Gasteiger partial charge in [-0.25, -0.2) is 0 Å². The summed E-state index contributed by atoms with van der Waals surface area (Å²) in [5.74, 6) is 1.06. The van der Waals surface area contributed by atoms with Crippen LogP contribution in [0.1, 0.15) is 41.8 Å². The first kappa shape index (κ1) is 11.8. The number of carbonyl (C=O) groups excluding carboxylic acids is 1. The van der Waals surface area contributed by atoms with Crippen LogP contribution >= 0.6 is 0 Å². The molecule has 2 nitrogen and oxygen atoms in total. The van der Waals surface area contributed by atoms with Gasteiger partial charge < -0.3 is 4.74 Å². The predicted molar refractivity (Wildman–Crippen MR) is 61.7 cm³/mol. The molecule has 82 valence electrons. The molecule has 0 aliphatic heterocycles. The molecule has 2 rings (SSSR count). The molecule has 2 heteroatoms. The molecule has 0 saturated carbocycles. The average Bonchev–Trinajstić information content (AvgIpc) is 2.61. The third-order valence-corrected chi connectivity index (χ3v) is 2.54. The molecule has 0 bridgehead atoms. The number of ether oxygens (including phenoxy) is 1. The first-order chi connectivity index (χ1) is 7.22. The van der Waals surface area contributed by atoms with Crippen LogP contribution in [0.25, 0.3) is 0 Å². The van der Waals surface area contributed by atoms with E-state index < -0.39 is 0 Å². The van der Waals surface area contributed by atoms with Crippen LogP contribution in [-0.2, 0) is 6.42 Å². The van der Waals surface area contributed by atoms with Gasteiger partial charge >= 0.3 is 0 Å². The van der Waals surface area contributed by atoms with E-state index in [1.165, 1.54) is 5.56 Å². The number of hydrogen-bond acceptors (Lipinski definition) is 2. The number of fused-ring (bicyclic) bond motifs is 1. The highest BCUT2D eigenvalue weighted by Crippen LogP contribution is 2.29. The zero-order valence-electron chi connectivity index (χ0n) is 9.89. The number of methoxy groups -OCH3 is 1. The van der Waals surface area contributed by atoms with Gasteiger partial charge in [-0.3, -0.25) is 4.79 Å². The third-order valence-electron chi connectivity index (χ3n) is 2.54. The van der Waals surface area contributed by atoms with Crippen molar-refractivity contribution in [2.75, 3.05) is 7.11 Å². The van der Waals surface area contributed by atoms with Gasteiger partial charge in [-0.15, -0.1) is 0 Å². The van der Waals surface area contributed by atoms with E-state index in [1.54, 1.807) is 7.11 Å². The molecular weight excluding hydrogens is 188 g/mol. The highest BCUT2D eigenvalue weighted by Gasteiger charge is 2.20. The summed E-state index contributed by atoms with van der Waals surface area (Å²) in [6.45, 7) is 6.00. The topological polar surface area (TPSA) is 26.3 Å². The van der Waals surface area contributed by atoms with Crippen molar-refractivity contribution < 1.29 is 9.53 Å². The SMILES string of the molecule is CC.COc1cc2c(cc1C)CCC2=O. The number of carbonyl (C=O) groups is 1. The summed E-state index contributed by atoms with van der Waals surface area (Å²) in [4.78, 5) is 11.4. The largest absolute Gasteiger partial charge is 0.496 e. The Labute approximate surface area is 91.3 Å². The molecule has 0 fully saturated rings. The fourth-order valence-electron chi connectivity index (χ4n) is 1.82. The molecule has 1 aromatic carbocycles. The van der Waals surface area contributed by atoms with Crippen molar-refractivity contribution in [2.24, 2.45) is 0 Å². The molecule has 0 amide bonds. The van der Waals surface area contributed by atoms with Crippen molar-refractivity contribution in [3.8, 4) is 5.75 Å². The van der Waals surface area contributed by atoms with E-state index in [4.69, 9.17) is 4.74 Å². The Morgan fingerprint density at radius 1 is 1.20 bits per heavy atom. The zero-order valence-corrected chi connectivity index (χ0v) is 9.89. The van der Waals surface area contributed by atoms with Crippen molar-refractivity contribution in [3.05, 3.63) is 28.8 Å². The molecule has 0 N–H and O–H groups in total. The van der Waals surface area contributed by atoms with Crippen LogP contribution in [0.15, 0.2) is 12.1 Å². The standard InChI is InChI=1S/C11H12O2.C2H6/c1-7-5-8-3-4-10(12)9(8)6-11(7)13-2;1-2/h5-6H,3-4H2,1-2H3;1-2H3. The number of benzene rings is 1. The maximum absolute atomic E-state index is 11.4. The van der Waals surface area contributed by atoms with E-state index in [0.717, 1.165) is 23.3 Å². The molecular formula is C13H18O2. The average molecular weight is 206 g/mol. The van der Waals surface area contributed by atoms with Crippen LogP contribution in [-0.4, -0.2) is 12.9 Å². The fourth-order valence-corrected chi connectivity index (χ4v) is 1.82. The number of hydrogen-bond donors (Lipinski definition) is 0. The summed E-state index contributed by atoms with van der Waals surface area (Å²) in [7, 11) is 1.63. The summed E-state index contributed by atoms with van der Waals surface area (Å²) in [5.41, 5.74) is 3.13. The highest BCUT2D eigenvalue weighted by atomic mass is 16.5. The van der Waals surface area contributed by atoms with Crippen LogP contribution in [0.5, 0.6) is 5.75 Å². The number of aryl methyl sites for hydroxylation is 2. The first-order valence-electron chi connectivity index (χ1n) is 5.43. The Hall–Kier alpha value is -1.31. The van der Waals surface area contributed by atoms with Crippen molar-refractivity contribution >= 4 is 5.78 Å². The molecule has 0 radical (unpaired) electrons. The summed E-state index contributed by atoms with van der Waals surface area (Å²) < 4.78 is 5.17. The van der Waals surface area contributed by atoms with E-state index in [9.17, 15) is 4.79 Å². The number of Topliss-reactive ketones (excluding diaryl/α,β-unsaturated/α-hetero) is 1. The molecule has 15 heavy (non-hydrogen) atoms. The van der Waals surface area contributed by atoms with E-state index in [0.29, 0.717) is 6.42 Å². The van der Waals surface area contributed by atoms with Crippen LogP contribution < -0.4 is 4.74 Å². The quantitative estimate of drug-likeness (QED) is 0.705. The van der Waals surface area contributed by atoms with Gasteiger partial charge in [-0.2, -0.15) is 0 Å². The van der Waals surface area contributed by atoms with Crippen LogP contribution in [0.4, 0.5) is 0 Å². The molecule has 0 unspecified atom stereocenters. The third kappa shape index (κ3) is 2.20. The Balaban J connectivity index is 0.000000531. The van der Waals surface area contributed by atoms with Gasteiger partial charge in [0.15, 0.2) is 5.78 Å². The maximum Gasteiger partial charge on any atom is 0.163 e. The molecule has 1 aromatic rings. The number of ketones is 1. The van der Waals surface area contributed by atoms with Gasteiger partial charge in [0.05, 0.1) is 7.11 Å². The highest BCUT2D eigenvalue weighted by molar-refractivity contribution is 6.00. The van der Waals surface area contributed by atoms with E-state index >= 15 is 0 Å². The van der Waals surface area contributed by atoms with Gasteiger partial charge in [-0.05, 0) is 30.5 Å². The first-order valence-corrected chi connectivity index (χ1v) is 5.43. The maximum atomic E-state index is 11.4. The van der Waals surface area contributed by atoms with Crippen LogP contribution in [0.3, 0.4) is 0 Å². The van der Waals surface area contributed by atoms with E-state index in [-0.39, 0.29) is 5.78 Å². The fraction of sp³-hybridized carbons (Fsp3) is 0.462. The minimum absolute atomic E-state index is 0.244. The lowest BCUT2D eigenvalue weighted by Crippen LogP contribution is -1.94. The summed E-state index contributed by atoms with van der Waals surface area (Å²) >= 11 is 0. The summed E-state index contributed by atoms with van der Waals surface area (Å²) in [6.07, 6.45) is 1.54. The lowest BCUT2D eigenvalue weighted by atomic mass is 10.1. The van der Waals surface area contributed by atoms with Crippen LogP contribution in [0, 0.1) is 6.92 Å². The molecule has 0 spiro atoms. The molecule has 0 atom stereocenters. The zero-order chi connectivity index (χ0) is 11.4. The normalized spacial score (nSPS) is 12.9. The molecule has 0 aromatic heterocycles. The van der Waals surface area contributed by atoms with E-state index in [2.05, 4.69) is 6.07 Å². The number of rotatable bonds is 1. The Morgan fingerprint density at radius 2 is 1.87 bits per heavy atom. The van der Waals surface area contributed by atoms with Gasteiger partial charge in [0.1, 0.15) is 5.75 Å². The molecule has 0 heterocycles. The molecule has 0 saturated heterocycles. The molecule has 1 aliphatic carbocycles. The lowest BCUT2D eigenvalue weighted by molar-refractivity contribution is 0.0994. The van der Waals surface area contributed by atoms with Gasteiger partial charge in [0.25, 0.3) is 0 Å². The lowest BCUT2D eigenvalue weighted by Gasteiger charge is -2.06. The predicted octanol–water partition coefficient (Wildman–Crippen LogP) is 3.16. The summed E-state index contributed by atoms with van der Waals surface area (Å²) in [5, 5.41) is 0. The second-order valence-corrected chi connectivity index (χ2v) is 3.40. The monoisotopic (exact) mass is 206 g/mol. The van der Waals surface area contributed by atoms with Crippen molar-refractivity contribution in [2.45, 2.75) is 33.6 Å².